The lowest BCUT2D eigenvalue weighted by molar-refractivity contribution is 0.313. The van der Waals surface area contributed by atoms with Crippen molar-refractivity contribution in [1.82, 2.24) is 19.9 Å². The zero-order valence-electron chi connectivity index (χ0n) is 12.7. The molecule has 6 nitrogen and oxygen atoms in total. The first-order valence-electron chi connectivity index (χ1n) is 7.34. The number of hydrogen-bond acceptors (Lipinski definition) is 5. The van der Waals surface area contributed by atoms with Crippen LogP contribution in [0.15, 0.2) is 24.3 Å². The molecule has 21 heavy (non-hydrogen) atoms. The number of piperazine rings is 1. The first-order chi connectivity index (χ1) is 10.2. The molecule has 0 saturated carbocycles. The number of benzene rings is 1. The second-order valence-corrected chi connectivity index (χ2v) is 5.54. The molecule has 0 radical (unpaired) electrons. The quantitative estimate of drug-likeness (QED) is 0.903. The molecule has 1 saturated heterocycles. The number of anilines is 1. The number of nitrogens with two attached hydrogens (primary N) is 1. The molecule has 0 amide bonds. The standard InChI is InChI=1S/C15H22N6/c1-12-15(11-16)17-18-21(12)14-5-3-13(4-6-14)20-9-7-19(2)8-10-20/h3-6H,7-11,16H2,1-2H3. The second kappa shape index (κ2) is 5.83. The average Bonchev–Trinajstić information content (AvgIpc) is 2.89. The molecule has 0 aliphatic carbocycles. The maximum Gasteiger partial charge on any atom is 0.0996 e. The molecule has 0 unspecified atom stereocenters. The Kier molecular flexibility index (Phi) is 3.90. The highest BCUT2D eigenvalue weighted by molar-refractivity contribution is 5.51. The third kappa shape index (κ3) is 2.77. The average molecular weight is 286 g/mol. The van der Waals surface area contributed by atoms with Gasteiger partial charge >= 0.3 is 0 Å². The fourth-order valence-electron chi connectivity index (χ4n) is 2.66. The number of aromatic nitrogens is 3. The van der Waals surface area contributed by atoms with Crippen LogP contribution in [-0.4, -0.2) is 53.1 Å². The molecule has 0 bridgehead atoms. The zero-order valence-corrected chi connectivity index (χ0v) is 12.7. The van der Waals surface area contributed by atoms with Crippen molar-refractivity contribution in [2.24, 2.45) is 5.73 Å². The lowest BCUT2D eigenvalue weighted by Gasteiger charge is -2.34. The van der Waals surface area contributed by atoms with Crippen LogP contribution in [0.5, 0.6) is 0 Å². The van der Waals surface area contributed by atoms with E-state index in [9.17, 15) is 0 Å². The molecule has 1 aromatic carbocycles. The van der Waals surface area contributed by atoms with Crippen LogP contribution in [0.2, 0.25) is 0 Å². The number of nitrogens with zero attached hydrogens (tertiary/aromatic N) is 5. The van der Waals surface area contributed by atoms with E-state index in [1.165, 1.54) is 5.69 Å². The van der Waals surface area contributed by atoms with E-state index in [0.717, 1.165) is 43.3 Å². The van der Waals surface area contributed by atoms with Crippen molar-refractivity contribution >= 4 is 5.69 Å². The predicted molar refractivity (Wildman–Crippen MR) is 83.7 cm³/mol. The second-order valence-electron chi connectivity index (χ2n) is 5.54. The summed E-state index contributed by atoms with van der Waals surface area (Å²) in [6.45, 7) is 6.81. The Bertz CT molecular complexity index is 595. The fourth-order valence-corrected chi connectivity index (χ4v) is 2.66. The molecule has 1 aliphatic heterocycles. The lowest BCUT2D eigenvalue weighted by Crippen LogP contribution is -2.44. The summed E-state index contributed by atoms with van der Waals surface area (Å²) in [4.78, 5) is 4.78. The lowest BCUT2D eigenvalue weighted by atomic mass is 10.2. The highest BCUT2D eigenvalue weighted by Crippen LogP contribution is 2.19. The molecule has 2 heterocycles. The van der Waals surface area contributed by atoms with Gasteiger partial charge in [0.2, 0.25) is 0 Å². The van der Waals surface area contributed by atoms with E-state index in [-0.39, 0.29) is 0 Å². The molecule has 2 aromatic rings. The molecule has 2 N–H and O–H groups in total. The minimum absolute atomic E-state index is 0.422. The summed E-state index contributed by atoms with van der Waals surface area (Å²) in [6, 6.07) is 8.50. The van der Waals surface area contributed by atoms with E-state index < -0.39 is 0 Å². The van der Waals surface area contributed by atoms with Gasteiger partial charge in [0.05, 0.1) is 17.1 Å². The van der Waals surface area contributed by atoms with E-state index in [4.69, 9.17) is 5.73 Å². The number of rotatable bonds is 3. The molecule has 6 heteroatoms. The van der Waals surface area contributed by atoms with Gasteiger partial charge in [-0.1, -0.05) is 5.21 Å². The highest BCUT2D eigenvalue weighted by atomic mass is 15.4. The number of likely N-dealkylation sites (N-methyl/N-ethyl adjacent to an activating group) is 1. The Balaban J connectivity index is 1.79. The van der Waals surface area contributed by atoms with Gasteiger partial charge in [0.15, 0.2) is 0 Å². The van der Waals surface area contributed by atoms with Crippen LogP contribution in [0.4, 0.5) is 5.69 Å². The van der Waals surface area contributed by atoms with Crippen LogP contribution in [0.3, 0.4) is 0 Å². The highest BCUT2D eigenvalue weighted by Gasteiger charge is 2.14. The summed E-state index contributed by atoms with van der Waals surface area (Å²) in [7, 11) is 2.17. The molecule has 1 aromatic heterocycles. The van der Waals surface area contributed by atoms with E-state index in [1.54, 1.807) is 0 Å². The van der Waals surface area contributed by atoms with Crippen molar-refractivity contribution in [1.29, 1.82) is 0 Å². The fraction of sp³-hybridized carbons (Fsp3) is 0.467. The SMILES string of the molecule is Cc1c(CN)nnn1-c1ccc(N2CCN(C)CC2)cc1. The maximum atomic E-state index is 5.65. The van der Waals surface area contributed by atoms with Crippen LogP contribution in [0, 0.1) is 6.92 Å². The van der Waals surface area contributed by atoms with Gasteiger partial charge in [-0.25, -0.2) is 4.68 Å². The largest absolute Gasteiger partial charge is 0.369 e. The van der Waals surface area contributed by atoms with Crippen molar-refractivity contribution < 1.29 is 0 Å². The van der Waals surface area contributed by atoms with Crippen LogP contribution in [0.25, 0.3) is 5.69 Å². The first-order valence-corrected chi connectivity index (χ1v) is 7.34. The van der Waals surface area contributed by atoms with Crippen LogP contribution < -0.4 is 10.6 Å². The van der Waals surface area contributed by atoms with Crippen molar-refractivity contribution in [2.45, 2.75) is 13.5 Å². The minimum atomic E-state index is 0.422. The summed E-state index contributed by atoms with van der Waals surface area (Å²) >= 11 is 0. The summed E-state index contributed by atoms with van der Waals surface area (Å²) < 4.78 is 1.84. The third-order valence-corrected chi connectivity index (χ3v) is 4.15. The molecule has 0 atom stereocenters. The van der Waals surface area contributed by atoms with Gasteiger partial charge in [-0.05, 0) is 38.2 Å². The predicted octanol–water partition coefficient (Wildman–Crippen LogP) is 0.786. The van der Waals surface area contributed by atoms with Crippen LogP contribution in [0.1, 0.15) is 11.4 Å². The van der Waals surface area contributed by atoms with Crippen molar-refractivity contribution in [3.63, 3.8) is 0 Å². The van der Waals surface area contributed by atoms with Crippen molar-refractivity contribution in [3.8, 4) is 5.69 Å². The Labute approximate surface area is 125 Å². The first kappa shape index (κ1) is 14.0. The van der Waals surface area contributed by atoms with Crippen molar-refractivity contribution in [2.75, 3.05) is 38.1 Å². The van der Waals surface area contributed by atoms with Crippen LogP contribution >= 0.6 is 0 Å². The monoisotopic (exact) mass is 286 g/mol. The Hall–Kier alpha value is -1.92. The Morgan fingerprint density at radius 3 is 2.24 bits per heavy atom. The molecular weight excluding hydrogens is 264 g/mol. The van der Waals surface area contributed by atoms with Gasteiger partial charge in [0.25, 0.3) is 0 Å². The Morgan fingerprint density at radius 1 is 1.05 bits per heavy atom. The topological polar surface area (TPSA) is 63.2 Å². The zero-order chi connectivity index (χ0) is 14.8. The van der Waals surface area contributed by atoms with E-state index >= 15 is 0 Å². The molecule has 3 rings (SSSR count). The summed E-state index contributed by atoms with van der Waals surface area (Å²) in [5.41, 5.74) is 9.79. The van der Waals surface area contributed by atoms with Crippen molar-refractivity contribution in [3.05, 3.63) is 35.7 Å². The maximum absolute atomic E-state index is 5.65. The van der Waals surface area contributed by atoms with Gasteiger partial charge in [0.1, 0.15) is 0 Å². The Morgan fingerprint density at radius 2 is 1.67 bits per heavy atom. The minimum Gasteiger partial charge on any atom is -0.369 e. The summed E-state index contributed by atoms with van der Waals surface area (Å²) in [6.07, 6.45) is 0. The van der Waals surface area contributed by atoms with Gasteiger partial charge in [0, 0.05) is 38.4 Å². The van der Waals surface area contributed by atoms with Gasteiger partial charge in [-0.3, -0.25) is 0 Å². The van der Waals surface area contributed by atoms with E-state index in [1.807, 2.05) is 11.6 Å². The molecule has 0 spiro atoms. The molecule has 1 fully saturated rings. The van der Waals surface area contributed by atoms with E-state index in [0.29, 0.717) is 6.54 Å². The van der Waals surface area contributed by atoms with Gasteiger partial charge in [-0.2, -0.15) is 0 Å². The molecule has 112 valence electrons. The normalized spacial score (nSPS) is 16.4. The van der Waals surface area contributed by atoms with Gasteiger partial charge < -0.3 is 15.5 Å². The third-order valence-electron chi connectivity index (χ3n) is 4.15. The molecule has 1 aliphatic rings. The molecular formula is C15H22N6. The van der Waals surface area contributed by atoms with Crippen LogP contribution in [-0.2, 0) is 6.54 Å². The number of hydrogen-bond donors (Lipinski definition) is 1. The van der Waals surface area contributed by atoms with E-state index in [2.05, 4.69) is 51.4 Å². The smallest absolute Gasteiger partial charge is 0.0996 e. The van der Waals surface area contributed by atoms with Gasteiger partial charge in [-0.15, -0.1) is 5.10 Å². The summed E-state index contributed by atoms with van der Waals surface area (Å²) in [5.74, 6) is 0. The summed E-state index contributed by atoms with van der Waals surface area (Å²) in [5, 5.41) is 8.28.